The molecular formula is C18H15BrFN3O2. The summed E-state index contributed by atoms with van der Waals surface area (Å²) in [6.45, 7) is 0.718. The van der Waals surface area contributed by atoms with E-state index in [1.54, 1.807) is 17.0 Å². The summed E-state index contributed by atoms with van der Waals surface area (Å²) in [7, 11) is 1.46. The number of carbonyl (C=O) groups excluding carboxylic acids is 1. The Morgan fingerprint density at radius 1 is 1.40 bits per heavy atom. The Morgan fingerprint density at radius 2 is 2.20 bits per heavy atom. The fraction of sp³-hybridized carbons (Fsp3) is 0.222. The second kappa shape index (κ2) is 7.11. The van der Waals surface area contributed by atoms with Gasteiger partial charge in [-0.3, -0.25) is 4.90 Å². The lowest BCUT2D eigenvalue weighted by atomic mass is 10.1. The maximum absolute atomic E-state index is 13.5. The number of fused-ring (bicyclic) bond motifs is 1. The molecule has 1 N–H and O–H groups in total. The Hall–Kier alpha value is -2.59. The average Bonchev–Trinajstić information content (AvgIpc) is 3.00. The molecule has 0 saturated carbocycles. The topological polar surface area (TPSA) is 65.4 Å². The van der Waals surface area contributed by atoms with E-state index in [1.165, 1.54) is 19.2 Å². The molecule has 0 radical (unpaired) electrons. The van der Waals surface area contributed by atoms with Gasteiger partial charge in [0, 0.05) is 23.6 Å². The molecule has 3 rings (SSSR count). The zero-order valence-corrected chi connectivity index (χ0v) is 15.1. The first-order chi connectivity index (χ1) is 12.0. The summed E-state index contributed by atoms with van der Waals surface area (Å²) in [5.74, 6) is -0.0158. The Balaban J connectivity index is 1.74. The summed E-state index contributed by atoms with van der Waals surface area (Å²) in [4.78, 5) is 14.1. The Kier molecular flexibility index (Phi) is 4.91. The molecule has 0 unspecified atom stereocenters. The van der Waals surface area contributed by atoms with Crippen molar-refractivity contribution in [1.29, 1.82) is 5.26 Å². The lowest BCUT2D eigenvalue weighted by Crippen LogP contribution is -2.38. The molecule has 0 atom stereocenters. The van der Waals surface area contributed by atoms with Gasteiger partial charge in [-0.2, -0.15) is 5.26 Å². The molecule has 1 heterocycles. The van der Waals surface area contributed by atoms with E-state index in [0.29, 0.717) is 23.4 Å². The standard InChI is InChI=1S/C18H15BrFN3O2/c1-25-15-5-11(4-14(20)8-15)10-22-18(24)23-3-2-12-6-16(19)13(9-21)7-17(12)23/h4-8H,2-3,10H2,1H3,(H,22,24). The number of amides is 2. The molecule has 2 amide bonds. The lowest BCUT2D eigenvalue weighted by molar-refractivity contribution is 0.246. The average molecular weight is 404 g/mol. The van der Waals surface area contributed by atoms with Gasteiger partial charge in [0.25, 0.3) is 0 Å². The number of nitriles is 1. The van der Waals surface area contributed by atoms with Crippen LogP contribution in [0.2, 0.25) is 0 Å². The zero-order chi connectivity index (χ0) is 18.0. The number of ether oxygens (including phenoxy) is 1. The molecule has 7 heteroatoms. The first kappa shape index (κ1) is 17.2. The van der Waals surface area contributed by atoms with Crippen molar-refractivity contribution in [2.24, 2.45) is 0 Å². The van der Waals surface area contributed by atoms with Crippen molar-refractivity contribution >= 4 is 27.6 Å². The van der Waals surface area contributed by atoms with Crippen LogP contribution in [-0.2, 0) is 13.0 Å². The van der Waals surface area contributed by atoms with Crippen molar-refractivity contribution in [3.8, 4) is 11.8 Å². The van der Waals surface area contributed by atoms with Gasteiger partial charge in [-0.05, 0) is 57.7 Å². The van der Waals surface area contributed by atoms with E-state index in [1.807, 2.05) is 6.07 Å². The summed E-state index contributed by atoms with van der Waals surface area (Å²) in [6.07, 6.45) is 0.723. The van der Waals surface area contributed by atoms with Gasteiger partial charge in [0.1, 0.15) is 17.6 Å². The first-order valence-electron chi connectivity index (χ1n) is 7.63. The van der Waals surface area contributed by atoms with Crippen LogP contribution in [0, 0.1) is 17.1 Å². The van der Waals surface area contributed by atoms with Gasteiger partial charge in [-0.25, -0.2) is 9.18 Å². The second-order valence-electron chi connectivity index (χ2n) is 5.63. The van der Waals surface area contributed by atoms with Gasteiger partial charge >= 0.3 is 6.03 Å². The number of halogens is 2. The predicted octanol–water partition coefficient (Wildman–Crippen LogP) is 3.74. The largest absolute Gasteiger partial charge is 0.497 e. The third-order valence-corrected chi connectivity index (χ3v) is 4.70. The van der Waals surface area contributed by atoms with Crippen molar-refractivity contribution in [1.82, 2.24) is 5.32 Å². The molecular weight excluding hydrogens is 389 g/mol. The van der Waals surface area contributed by atoms with Crippen LogP contribution in [0.1, 0.15) is 16.7 Å². The van der Waals surface area contributed by atoms with Crippen molar-refractivity contribution in [2.75, 3.05) is 18.6 Å². The van der Waals surface area contributed by atoms with Crippen LogP contribution in [-0.4, -0.2) is 19.7 Å². The predicted molar refractivity (Wildman–Crippen MR) is 95.1 cm³/mol. The molecule has 128 valence electrons. The van der Waals surface area contributed by atoms with E-state index in [-0.39, 0.29) is 12.6 Å². The number of hydrogen-bond donors (Lipinski definition) is 1. The van der Waals surface area contributed by atoms with E-state index in [2.05, 4.69) is 27.3 Å². The van der Waals surface area contributed by atoms with Crippen LogP contribution >= 0.6 is 15.9 Å². The van der Waals surface area contributed by atoms with Crippen molar-refractivity contribution in [2.45, 2.75) is 13.0 Å². The summed E-state index contributed by atoms with van der Waals surface area (Å²) in [6, 6.07) is 9.70. The zero-order valence-electron chi connectivity index (χ0n) is 13.5. The van der Waals surface area contributed by atoms with Gasteiger partial charge in [0.15, 0.2) is 0 Å². The number of methoxy groups -OCH3 is 1. The number of benzene rings is 2. The molecule has 0 saturated heterocycles. The van der Waals surface area contributed by atoms with Crippen LogP contribution in [0.3, 0.4) is 0 Å². The minimum absolute atomic E-state index is 0.181. The van der Waals surface area contributed by atoms with Crippen LogP contribution in [0.5, 0.6) is 5.75 Å². The smallest absolute Gasteiger partial charge is 0.322 e. The van der Waals surface area contributed by atoms with Crippen molar-refractivity contribution in [3.05, 3.63) is 57.3 Å². The molecule has 0 aromatic heterocycles. The van der Waals surface area contributed by atoms with Gasteiger partial charge in [0.2, 0.25) is 0 Å². The maximum Gasteiger partial charge on any atom is 0.322 e. The van der Waals surface area contributed by atoms with Crippen LogP contribution in [0.15, 0.2) is 34.8 Å². The van der Waals surface area contributed by atoms with Crippen LogP contribution < -0.4 is 15.0 Å². The quantitative estimate of drug-likeness (QED) is 0.848. The van der Waals surface area contributed by atoms with E-state index < -0.39 is 5.82 Å². The monoisotopic (exact) mass is 403 g/mol. The third-order valence-electron chi connectivity index (χ3n) is 4.04. The van der Waals surface area contributed by atoms with E-state index >= 15 is 0 Å². The number of nitrogens with one attached hydrogen (secondary N) is 1. The highest BCUT2D eigenvalue weighted by molar-refractivity contribution is 9.10. The minimum Gasteiger partial charge on any atom is -0.497 e. The van der Waals surface area contributed by atoms with E-state index in [9.17, 15) is 9.18 Å². The van der Waals surface area contributed by atoms with Crippen LogP contribution in [0.25, 0.3) is 0 Å². The number of carbonyl (C=O) groups is 1. The van der Waals surface area contributed by atoms with Gasteiger partial charge in [-0.1, -0.05) is 0 Å². The Morgan fingerprint density at radius 3 is 2.92 bits per heavy atom. The molecule has 0 fully saturated rings. The van der Waals surface area contributed by atoms with Crippen LogP contribution in [0.4, 0.5) is 14.9 Å². The minimum atomic E-state index is -0.418. The summed E-state index contributed by atoms with van der Waals surface area (Å²) in [5.41, 5.74) is 2.83. The first-order valence-corrected chi connectivity index (χ1v) is 8.42. The number of rotatable bonds is 3. The molecule has 2 aromatic rings. The van der Waals surface area contributed by atoms with E-state index in [0.717, 1.165) is 22.1 Å². The maximum atomic E-state index is 13.5. The van der Waals surface area contributed by atoms with Gasteiger partial charge < -0.3 is 10.1 Å². The number of urea groups is 1. The molecule has 25 heavy (non-hydrogen) atoms. The second-order valence-corrected chi connectivity index (χ2v) is 6.49. The van der Waals surface area contributed by atoms with Gasteiger partial charge in [0.05, 0.1) is 18.4 Å². The number of nitrogens with zero attached hydrogens (tertiary/aromatic N) is 2. The highest BCUT2D eigenvalue weighted by Gasteiger charge is 2.25. The lowest BCUT2D eigenvalue weighted by Gasteiger charge is -2.18. The molecule has 0 bridgehead atoms. The Bertz CT molecular complexity index is 879. The fourth-order valence-corrected chi connectivity index (χ4v) is 3.30. The third kappa shape index (κ3) is 3.59. The SMILES string of the molecule is COc1cc(F)cc(CNC(=O)N2CCc3cc(Br)c(C#N)cc32)c1. The summed E-state index contributed by atoms with van der Waals surface area (Å²) >= 11 is 3.36. The number of hydrogen-bond acceptors (Lipinski definition) is 3. The highest BCUT2D eigenvalue weighted by Crippen LogP contribution is 2.33. The molecule has 1 aliphatic rings. The van der Waals surface area contributed by atoms with Gasteiger partial charge in [-0.15, -0.1) is 0 Å². The molecule has 2 aromatic carbocycles. The van der Waals surface area contributed by atoms with E-state index in [4.69, 9.17) is 10.00 Å². The summed E-state index contributed by atoms with van der Waals surface area (Å²) in [5, 5.41) is 11.9. The molecule has 1 aliphatic heterocycles. The van der Waals surface area contributed by atoms with Crippen molar-refractivity contribution < 1.29 is 13.9 Å². The summed E-state index contributed by atoms with van der Waals surface area (Å²) < 4.78 is 19.3. The normalized spacial score (nSPS) is 12.5. The van der Waals surface area contributed by atoms with Crippen molar-refractivity contribution in [3.63, 3.8) is 0 Å². The number of anilines is 1. The fourth-order valence-electron chi connectivity index (χ4n) is 2.82. The molecule has 5 nitrogen and oxygen atoms in total. The Labute approximate surface area is 153 Å². The molecule has 0 spiro atoms. The molecule has 0 aliphatic carbocycles. The highest BCUT2D eigenvalue weighted by atomic mass is 79.9.